The Morgan fingerprint density at radius 3 is 3.21 bits per heavy atom. The molecule has 1 aliphatic rings. The van der Waals surface area contributed by atoms with E-state index in [9.17, 15) is 4.79 Å². The van der Waals surface area contributed by atoms with Crippen LogP contribution in [0.25, 0.3) is 10.2 Å². The third-order valence-electron chi connectivity index (χ3n) is 2.99. The van der Waals surface area contributed by atoms with Crippen LogP contribution in [0, 0.1) is 0 Å². The van der Waals surface area contributed by atoms with Gasteiger partial charge < -0.3 is 10.7 Å². The molecule has 3 rings (SSSR count). The van der Waals surface area contributed by atoms with E-state index in [1.54, 1.807) is 11.3 Å². The summed E-state index contributed by atoms with van der Waals surface area (Å²) in [6.07, 6.45) is 0. The standard InChI is InChI=1S/C11H14N6OS/c12-16-10-7-1-4-19-11(7)15-8(14-10)5-17-3-2-13-9(18)6-17/h1,4H,2-3,5-6,12H2,(H,13,18)(H,14,15,16). The Bertz CT molecular complexity index is 612. The van der Waals surface area contributed by atoms with Gasteiger partial charge in [-0.2, -0.15) is 0 Å². The predicted octanol–water partition coefficient (Wildman–Crippen LogP) is -0.0913. The van der Waals surface area contributed by atoms with Crippen molar-refractivity contribution in [1.29, 1.82) is 0 Å². The minimum Gasteiger partial charge on any atom is -0.354 e. The van der Waals surface area contributed by atoms with E-state index in [1.807, 2.05) is 16.3 Å². The number of piperazine rings is 1. The number of aromatic nitrogens is 2. The molecule has 7 nitrogen and oxygen atoms in total. The van der Waals surface area contributed by atoms with Crippen LogP contribution in [0.5, 0.6) is 0 Å². The zero-order chi connectivity index (χ0) is 13.2. The van der Waals surface area contributed by atoms with E-state index < -0.39 is 0 Å². The zero-order valence-corrected chi connectivity index (χ0v) is 11.0. The number of anilines is 1. The third kappa shape index (κ3) is 2.50. The Morgan fingerprint density at radius 1 is 1.53 bits per heavy atom. The number of amides is 1. The third-order valence-corrected chi connectivity index (χ3v) is 3.80. The van der Waals surface area contributed by atoms with Crippen LogP contribution in [-0.4, -0.2) is 40.4 Å². The molecule has 100 valence electrons. The minimum atomic E-state index is 0.0422. The molecular formula is C11H14N6OS. The maximum absolute atomic E-state index is 11.3. The lowest BCUT2D eigenvalue weighted by Crippen LogP contribution is -2.47. The largest absolute Gasteiger partial charge is 0.354 e. The summed E-state index contributed by atoms with van der Waals surface area (Å²) in [5.74, 6) is 6.83. The number of nitrogens with zero attached hydrogens (tertiary/aromatic N) is 3. The maximum Gasteiger partial charge on any atom is 0.234 e. The first-order valence-corrected chi connectivity index (χ1v) is 6.84. The van der Waals surface area contributed by atoms with Gasteiger partial charge in [0.15, 0.2) is 5.82 Å². The molecule has 0 atom stereocenters. The number of carbonyl (C=O) groups is 1. The molecule has 0 saturated carbocycles. The topological polar surface area (TPSA) is 96.2 Å². The summed E-state index contributed by atoms with van der Waals surface area (Å²) >= 11 is 1.55. The van der Waals surface area contributed by atoms with Gasteiger partial charge in [0.2, 0.25) is 5.91 Å². The van der Waals surface area contributed by atoms with Crippen LogP contribution < -0.4 is 16.6 Å². The molecule has 4 N–H and O–H groups in total. The van der Waals surface area contributed by atoms with Crippen LogP contribution in [0.15, 0.2) is 11.4 Å². The summed E-state index contributed by atoms with van der Waals surface area (Å²) < 4.78 is 0. The molecule has 1 saturated heterocycles. The molecule has 0 spiro atoms. The normalized spacial score (nSPS) is 16.6. The van der Waals surface area contributed by atoms with Crippen molar-refractivity contribution in [2.45, 2.75) is 6.54 Å². The fourth-order valence-corrected chi connectivity index (χ4v) is 2.89. The second-order valence-electron chi connectivity index (χ2n) is 4.33. The van der Waals surface area contributed by atoms with Gasteiger partial charge in [0.1, 0.15) is 10.7 Å². The first-order chi connectivity index (χ1) is 9.26. The number of hydrogen-bond acceptors (Lipinski definition) is 7. The molecule has 8 heteroatoms. The highest BCUT2D eigenvalue weighted by Crippen LogP contribution is 2.24. The van der Waals surface area contributed by atoms with Crippen molar-refractivity contribution in [3.8, 4) is 0 Å². The van der Waals surface area contributed by atoms with Gasteiger partial charge in [-0.25, -0.2) is 15.8 Å². The summed E-state index contributed by atoms with van der Waals surface area (Å²) in [4.78, 5) is 23.2. The summed E-state index contributed by atoms with van der Waals surface area (Å²) in [5.41, 5.74) is 2.60. The van der Waals surface area contributed by atoms with Crippen LogP contribution in [-0.2, 0) is 11.3 Å². The molecule has 0 bridgehead atoms. The molecule has 0 aliphatic carbocycles. The quantitative estimate of drug-likeness (QED) is 0.536. The van der Waals surface area contributed by atoms with Gasteiger partial charge in [0.05, 0.1) is 18.5 Å². The number of nitrogen functional groups attached to an aromatic ring is 1. The number of hydrazine groups is 1. The second-order valence-corrected chi connectivity index (χ2v) is 5.23. The molecule has 0 unspecified atom stereocenters. The van der Waals surface area contributed by atoms with E-state index in [0.717, 1.165) is 16.8 Å². The number of hydrogen-bond donors (Lipinski definition) is 3. The Morgan fingerprint density at radius 2 is 2.42 bits per heavy atom. The van der Waals surface area contributed by atoms with Crippen molar-refractivity contribution in [3.05, 3.63) is 17.3 Å². The average Bonchev–Trinajstić information content (AvgIpc) is 2.86. The molecule has 0 aromatic carbocycles. The van der Waals surface area contributed by atoms with Crippen LogP contribution >= 0.6 is 11.3 Å². The smallest absolute Gasteiger partial charge is 0.234 e. The summed E-state index contributed by atoms with van der Waals surface area (Å²) in [6.45, 7) is 2.41. The highest BCUT2D eigenvalue weighted by atomic mass is 32.1. The van der Waals surface area contributed by atoms with Crippen molar-refractivity contribution in [2.75, 3.05) is 25.1 Å². The second kappa shape index (κ2) is 5.08. The number of carbonyl (C=O) groups excluding carboxylic acids is 1. The molecule has 0 radical (unpaired) electrons. The van der Waals surface area contributed by atoms with Crippen LogP contribution in [0.2, 0.25) is 0 Å². The molecule has 3 heterocycles. The van der Waals surface area contributed by atoms with Crippen molar-refractivity contribution in [1.82, 2.24) is 20.2 Å². The molecule has 1 amide bonds. The average molecular weight is 278 g/mol. The van der Waals surface area contributed by atoms with Crippen molar-refractivity contribution >= 4 is 33.3 Å². The van der Waals surface area contributed by atoms with Crippen molar-refractivity contribution < 1.29 is 4.79 Å². The van der Waals surface area contributed by atoms with Crippen LogP contribution in [0.3, 0.4) is 0 Å². The maximum atomic E-state index is 11.3. The number of fused-ring (bicyclic) bond motifs is 1. The van der Waals surface area contributed by atoms with Crippen molar-refractivity contribution in [3.63, 3.8) is 0 Å². The Kier molecular flexibility index (Phi) is 3.28. The van der Waals surface area contributed by atoms with E-state index in [0.29, 0.717) is 31.3 Å². The molecular weight excluding hydrogens is 264 g/mol. The van der Waals surface area contributed by atoms with Crippen molar-refractivity contribution in [2.24, 2.45) is 5.84 Å². The number of rotatable bonds is 3. The highest BCUT2D eigenvalue weighted by molar-refractivity contribution is 7.16. The molecule has 1 fully saturated rings. The lowest BCUT2D eigenvalue weighted by atomic mass is 10.3. The Balaban J connectivity index is 1.85. The van der Waals surface area contributed by atoms with Gasteiger partial charge in [-0.1, -0.05) is 0 Å². The lowest BCUT2D eigenvalue weighted by molar-refractivity contribution is -0.124. The van der Waals surface area contributed by atoms with Gasteiger partial charge in [-0.3, -0.25) is 9.69 Å². The molecule has 19 heavy (non-hydrogen) atoms. The van der Waals surface area contributed by atoms with Gasteiger partial charge in [0, 0.05) is 13.1 Å². The van der Waals surface area contributed by atoms with Gasteiger partial charge in [-0.05, 0) is 11.4 Å². The van der Waals surface area contributed by atoms with E-state index in [1.165, 1.54) is 0 Å². The summed E-state index contributed by atoms with van der Waals surface area (Å²) in [7, 11) is 0. The first kappa shape index (κ1) is 12.3. The molecule has 2 aromatic rings. The first-order valence-electron chi connectivity index (χ1n) is 5.96. The minimum absolute atomic E-state index is 0.0422. The zero-order valence-electron chi connectivity index (χ0n) is 10.2. The fourth-order valence-electron chi connectivity index (χ4n) is 2.11. The van der Waals surface area contributed by atoms with Crippen LogP contribution in [0.1, 0.15) is 5.82 Å². The Hall–Kier alpha value is -1.77. The predicted molar refractivity (Wildman–Crippen MR) is 73.5 cm³/mol. The van der Waals surface area contributed by atoms with E-state index in [2.05, 4.69) is 20.7 Å². The Labute approximate surface area is 113 Å². The molecule has 1 aliphatic heterocycles. The van der Waals surface area contributed by atoms with E-state index in [-0.39, 0.29) is 5.91 Å². The number of thiophene rings is 1. The van der Waals surface area contributed by atoms with Gasteiger partial charge >= 0.3 is 0 Å². The fraction of sp³-hybridized carbons (Fsp3) is 0.364. The highest BCUT2D eigenvalue weighted by Gasteiger charge is 2.18. The summed E-state index contributed by atoms with van der Waals surface area (Å²) in [5, 5.41) is 5.67. The van der Waals surface area contributed by atoms with E-state index >= 15 is 0 Å². The lowest BCUT2D eigenvalue weighted by Gasteiger charge is -2.25. The van der Waals surface area contributed by atoms with Gasteiger partial charge in [0.25, 0.3) is 0 Å². The monoisotopic (exact) mass is 278 g/mol. The van der Waals surface area contributed by atoms with Gasteiger partial charge in [-0.15, -0.1) is 11.3 Å². The number of nitrogens with one attached hydrogen (secondary N) is 2. The number of nitrogens with two attached hydrogens (primary N) is 1. The SMILES string of the molecule is NNc1nc(CN2CCNC(=O)C2)nc2sccc12. The van der Waals surface area contributed by atoms with E-state index in [4.69, 9.17) is 5.84 Å². The summed E-state index contributed by atoms with van der Waals surface area (Å²) in [6, 6.07) is 1.94. The van der Waals surface area contributed by atoms with Crippen LogP contribution in [0.4, 0.5) is 5.82 Å². The molecule has 2 aromatic heterocycles.